The van der Waals surface area contributed by atoms with Crippen molar-refractivity contribution in [3.05, 3.63) is 51.2 Å². The number of carbonyl (C=O) groups excluding carboxylic acids is 2. The quantitative estimate of drug-likeness (QED) is 0.372. The van der Waals surface area contributed by atoms with Crippen LogP contribution in [0.15, 0.2) is 24.9 Å². The Morgan fingerprint density at radius 2 is 1.88 bits per heavy atom. The first-order valence-electron chi connectivity index (χ1n) is 10.6. The number of Topliss-reactive ketones (excluding diaryl/α,β-unsaturated/α-hetero) is 1. The lowest BCUT2D eigenvalue weighted by Gasteiger charge is -2.17. The molecule has 0 aliphatic rings. The zero-order chi connectivity index (χ0) is 24.9. The molecule has 180 valence electrons. The summed E-state index contributed by atoms with van der Waals surface area (Å²) in [4.78, 5) is 46.6. The number of amides is 1. The molecule has 0 fully saturated rings. The molecular weight excluding hydrogens is 478 g/mol. The number of aromatic nitrogens is 5. The van der Waals surface area contributed by atoms with Gasteiger partial charge in [0, 0.05) is 30.4 Å². The van der Waals surface area contributed by atoms with E-state index in [0.717, 1.165) is 5.69 Å². The molecule has 0 aromatic carbocycles. The number of ketones is 1. The van der Waals surface area contributed by atoms with Crippen LogP contribution in [0.1, 0.15) is 70.9 Å². The minimum atomic E-state index is -0.334. The van der Waals surface area contributed by atoms with Gasteiger partial charge in [-0.1, -0.05) is 39.3 Å². The molecule has 12 heteroatoms. The molecule has 0 bridgehead atoms. The Morgan fingerprint density at radius 1 is 1.15 bits per heavy atom. The third-order valence-electron chi connectivity index (χ3n) is 4.80. The molecule has 0 saturated carbocycles. The summed E-state index contributed by atoms with van der Waals surface area (Å²) in [6, 6.07) is 1.75. The molecule has 1 amide bonds. The molecule has 3 heterocycles. The van der Waals surface area contributed by atoms with Crippen LogP contribution in [0.4, 0.5) is 11.6 Å². The van der Waals surface area contributed by atoms with Crippen LogP contribution in [0.5, 0.6) is 0 Å². The van der Waals surface area contributed by atoms with E-state index in [4.69, 9.17) is 16.7 Å². The summed E-state index contributed by atoms with van der Waals surface area (Å²) in [5, 5.41) is 15.3. The van der Waals surface area contributed by atoms with Gasteiger partial charge < -0.3 is 15.7 Å². The maximum atomic E-state index is 12.8. The lowest BCUT2D eigenvalue weighted by Crippen LogP contribution is -2.16. The smallest absolute Gasteiger partial charge is 0.268 e. The van der Waals surface area contributed by atoms with E-state index in [1.807, 2.05) is 27.7 Å². The van der Waals surface area contributed by atoms with Crippen molar-refractivity contribution in [2.45, 2.75) is 45.4 Å². The molecule has 3 aromatic heterocycles. The minimum absolute atomic E-state index is 0.0943. The zero-order valence-corrected chi connectivity index (χ0v) is 20.9. The van der Waals surface area contributed by atoms with Crippen LogP contribution in [0.3, 0.4) is 0 Å². The van der Waals surface area contributed by atoms with Crippen LogP contribution in [0.25, 0.3) is 0 Å². The third kappa shape index (κ3) is 6.31. The van der Waals surface area contributed by atoms with Gasteiger partial charge in [0.1, 0.15) is 39.9 Å². The normalized spacial score (nSPS) is 12.3. The fourth-order valence-electron chi connectivity index (χ4n) is 2.96. The molecule has 1 atom stereocenters. The van der Waals surface area contributed by atoms with Gasteiger partial charge in [-0.05, 0) is 0 Å². The third-order valence-corrected chi connectivity index (χ3v) is 6.38. The van der Waals surface area contributed by atoms with E-state index in [-0.39, 0.29) is 59.1 Å². The Hall–Kier alpha value is -3.02. The average molecular weight is 504 g/mol. The number of nitrogens with one attached hydrogen (secondary N) is 2. The Bertz CT molecular complexity index is 1180. The van der Waals surface area contributed by atoms with E-state index in [1.165, 1.54) is 30.2 Å². The maximum Gasteiger partial charge on any atom is 0.268 e. The number of hydrogen-bond donors (Lipinski definition) is 3. The second kappa shape index (κ2) is 10.9. The number of thiazole rings is 1. The fourth-order valence-corrected chi connectivity index (χ4v) is 4.09. The lowest BCUT2D eigenvalue weighted by molar-refractivity contribution is 0.0969. The van der Waals surface area contributed by atoms with Gasteiger partial charge in [0.2, 0.25) is 0 Å². The van der Waals surface area contributed by atoms with Crippen molar-refractivity contribution in [3.8, 4) is 0 Å². The predicted octanol–water partition coefficient (Wildman–Crippen LogP) is 3.71. The molecule has 34 heavy (non-hydrogen) atoms. The highest BCUT2D eigenvalue weighted by Crippen LogP contribution is 2.29. The molecule has 0 radical (unpaired) electrons. The highest BCUT2D eigenvalue weighted by molar-refractivity contribution is 7.13. The van der Waals surface area contributed by atoms with Gasteiger partial charge in [-0.15, -0.1) is 11.3 Å². The van der Waals surface area contributed by atoms with Crippen LogP contribution in [0.2, 0.25) is 5.02 Å². The largest absolute Gasteiger partial charge is 0.395 e. The Morgan fingerprint density at radius 3 is 2.59 bits per heavy atom. The molecule has 0 aliphatic carbocycles. The molecule has 3 aromatic rings. The molecule has 1 unspecified atom stereocenters. The number of halogens is 1. The first-order chi connectivity index (χ1) is 16.1. The van der Waals surface area contributed by atoms with Gasteiger partial charge in [0.15, 0.2) is 5.78 Å². The lowest BCUT2D eigenvalue weighted by atomic mass is 9.92. The average Bonchev–Trinajstić information content (AvgIpc) is 3.29. The van der Waals surface area contributed by atoms with Gasteiger partial charge in [-0.25, -0.2) is 24.9 Å². The monoisotopic (exact) mass is 503 g/mol. The Kier molecular flexibility index (Phi) is 8.24. The number of aliphatic hydroxyl groups is 1. The van der Waals surface area contributed by atoms with Crippen LogP contribution in [0, 0.1) is 0 Å². The van der Waals surface area contributed by atoms with Gasteiger partial charge in [0.25, 0.3) is 5.91 Å². The predicted molar refractivity (Wildman–Crippen MR) is 131 cm³/mol. The SMILES string of the molecule is CC(CC(=O)c1ncnc(NCCO)c1Cl)c1ncc(C(=O)Nc2cc(C(C)(C)C)ncn2)s1. The molecule has 0 saturated heterocycles. The van der Waals surface area contributed by atoms with Crippen LogP contribution < -0.4 is 10.6 Å². The zero-order valence-electron chi connectivity index (χ0n) is 19.3. The summed E-state index contributed by atoms with van der Waals surface area (Å²) in [6.07, 6.45) is 4.25. The van der Waals surface area contributed by atoms with Crippen molar-refractivity contribution in [2.75, 3.05) is 23.8 Å². The van der Waals surface area contributed by atoms with Crippen molar-refractivity contribution in [1.82, 2.24) is 24.9 Å². The summed E-state index contributed by atoms with van der Waals surface area (Å²) in [7, 11) is 0. The minimum Gasteiger partial charge on any atom is -0.395 e. The van der Waals surface area contributed by atoms with E-state index in [1.54, 1.807) is 6.07 Å². The van der Waals surface area contributed by atoms with E-state index in [9.17, 15) is 9.59 Å². The van der Waals surface area contributed by atoms with Crippen molar-refractivity contribution in [1.29, 1.82) is 0 Å². The van der Waals surface area contributed by atoms with Crippen LogP contribution >= 0.6 is 22.9 Å². The Balaban J connectivity index is 1.67. The number of aliphatic hydroxyl groups excluding tert-OH is 1. The van der Waals surface area contributed by atoms with Crippen LogP contribution in [-0.4, -0.2) is 54.9 Å². The number of carbonyl (C=O) groups is 2. The van der Waals surface area contributed by atoms with Crippen molar-refractivity contribution in [3.63, 3.8) is 0 Å². The first kappa shape index (κ1) is 25.6. The van der Waals surface area contributed by atoms with Crippen molar-refractivity contribution in [2.24, 2.45) is 0 Å². The van der Waals surface area contributed by atoms with Gasteiger partial charge in [0.05, 0.1) is 23.5 Å². The molecule has 0 spiro atoms. The summed E-state index contributed by atoms with van der Waals surface area (Å²) in [6.45, 7) is 8.08. The van der Waals surface area contributed by atoms with Gasteiger partial charge in [-0.3, -0.25) is 9.59 Å². The van der Waals surface area contributed by atoms with E-state index in [2.05, 4.69) is 35.6 Å². The molecule has 3 N–H and O–H groups in total. The summed E-state index contributed by atoms with van der Waals surface area (Å²) in [5.74, 6) is -0.171. The highest BCUT2D eigenvalue weighted by Gasteiger charge is 2.23. The summed E-state index contributed by atoms with van der Waals surface area (Å²) >= 11 is 7.47. The number of hydrogen-bond acceptors (Lipinski definition) is 10. The molecule has 3 rings (SSSR count). The van der Waals surface area contributed by atoms with Gasteiger partial charge in [-0.2, -0.15) is 0 Å². The van der Waals surface area contributed by atoms with E-state index in [0.29, 0.717) is 15.7 Å². The van der Waals surface area contributed by atoms with E-state index >= 15 is 0 Å². The first-order valence-corrected chi connectivity index (χ1v) is 11.8. The number of anilines is 2. The number of nitrogens with zero attached hydrogens (tertiary/aromatic N) is 5. The second-order valence-corrected chi connectivity index (χ2v) is 10.1. The standard InChI is InChI=1S/C22H26ClN7O3S/c1-12(7-13(32)18-17(23)19(24-5-6-31)29-11-28-18)21-25-9-14(34-21)20(33)30-16-8-15(22(2,3)4)26-10-27-16/h8-12,31H,5-7H2,1-4H3,(H,24,28,29)(H,26,27,30,33). The van der Waals surface area contributed by atoms with Crippen molar-refractivity contribution < 1.29 is 14.7 Å². The summed E-state index contributed by atoms with van der Waals surface area (Å²) < 4.78 is 0. The molecule has 10 nitrogen and oxygen atoms in total. The topological polar surface area (TPSA) is 143 Å². The fraction of sp³-hybridized carbons (Fsp3) is 0.409. The van der Waals surface area contributed by atoms with Crippen molar-refractivity contribution >= 4 is 46.3 Å². The van der Waals surface area contributed by atoms with E-state index < -0.39 is 0 Å². The second-order valence-electron chi connectivity index (χ2n) is 8.62. The van der Waals surface area contributed by atoms with Gasteiger partial charge >= 0.3 is 0 Å². The number of rotatable bonds is 9. The highest BCUT2D eigenvalue weighted by atomic mass is 35.5. The maximum absolute atomic E-state index is 12.8. The summed E-state index contributed by atoms with van der Waals surface area (Å²) in [5.41, 5.74) is 0.731. The molecular formula is C22H26ClN7O3S. The molecule has 0 aliphatic heterocycles. The van der Waals surface area contributed by atoms with Crippen LogP contribution in [-0.2, 0) is 5.41 Å². The Labute approximate surface area is 206 Å².